The minimum absolute atomic E-state index is 0.237. The molecule has 0 bridgehead atoms. The summed E-state index contributed by atoms with van der Waals surface area (Å²) < 4.78 is 12.7. The van der Waals surface area contributed by atoms with Crippen molar-refractivity contribution in [2.24, 2.45) is 0 Å². The summed E-state index contributed by atoms with van der Waals surface area (Å²) in [6.45, 7) is 1.91. The third kappa shape index (κ3) is 2.35. The second-order valence-electron chi connectivity index (χ2n) is 2.39. The minimum atomic E-state index is -0.237. The molecule has 1 aromatic carbocycles. The highest BCUT2D eigenvalue weighted by Gasteiger charge is 1.95. The van der Waals surface area contributed by atoms with E-state index < -0.39 is 0 Å². The SMILES string of the molecule is Cc1ccc(F)cc1C#CCBr. The lowest BCUT2D eigenvalue weighted by Gasteiger charge is -1.96. The summed E-state index contributed by atoms with van der Waals surface area (Å²) in [5.41, 5.74) is 1.76. The van der Waals surface area contributed by atoms with Crippen LogP contribution in [0.25, 0.3) is 0 Å². The first-order valence-electron chi connectivity index (χ1n) is 3.55. The number of hydrogen-bond acceptors (Lipinski definition) is 0. The molecule has 1 rings (SSSR count). The van der Waals surface area contributed by atoms with Crippen LogP contribution in [0.3, 0.4) is 0 Å². The first kappa shape index (κ1) is 9.28. The maximum atomic E-state index is 12.7. The van der Waals surface area contributed by atoms with Gasteiger partial charge in [0.15, 0.2) is 0 Å². The molecule has 0 aliphatic rings. The van der Waals surface area contributed by atoms with Gasteiger partial charge in [0, 0.05) is 5.56 Å². The summed E-state index contributed by atoms with van der Waals surface area (Å²) in [4.78, 5) is 0. The smallest absolute Gasteiger partial charge is 0.124 e. The van der Waals surface area contributed by atoms with Crippen molar-refractivity contribution in [1.29, 1.82) is 0 Å². The van der Waals surface area contributed by atoms with Gasteiger partial charge in [0.2, 0.25) is 0 Å². The molecule has 2 heteroatoms. The highest BCUT2D eigenvalue weighted by molar-refractivity contribution is 9.09. The van der Waals surface area contributed by atoms with Gasteiger partial charge in [-0.2, -0.15) is 0 Å². The highest BCUT2D eigenvalue weighted by Crippen LogP contribution is 2.08. The van der Waals surface area contributed by atoms with Crippen LogP contribution in [0, 0.1) is 24.6 Å². The Kier molecular flexibility index (Phi) is 3.31. The van der Waals surface area contributed by atoms with Gasteiger partial charge in [-0.3, -0.25) is 0 Å². The molecule has 0 saturated heterocycles. The molecule has 0 aromatic heterocycles. The molecular weight excluding hydrogens is 219 g/mol. The van der Waals surface area contributed by atoms with Crippen LogP contribution >= 0.6 is 15.9 Å². The van der Waals surface area contributed by atoms with E-state index in [0.29, 0.717) is 5.33 Å². The lowest BCUT2D eigenvalue weighted by molar-refractivity contribution is 0.627. The second-order valence-corrected chi connectivity index (χ2v) is 2.96. The van der Waals surface area contributed by atoms with Crippen molar-refractivity contribution >= 4 is 15.9 Å². The van der Waals surface area contributed by atoms with E-state index in [-0.39, 0.29) is 5.82 Å². The fourth-order valence-electron chi connectivity index (χ4n) is 0.858. The van der Waals surface area contributed by atoms with Crippen LogP contribution in [0.5, 0.6) is 0 Å². The summed E-state index contributed by atoms with van der Waals surface area (Å²) in [7, 11) is 0. The molecule has 0 amide bonds. The van der Waals surface area contributed by atoms with Gasteiger partial charge in [0.05, 0.1) is 5.33 Å². The molecule has 62 valence electrons. The first-order chi connectivity index (χ1) is 5.74. The van der Waals surface area contributed by atoms with Crippen molar-refractivity contribution < 1.29 is 4.39 Å². The molecule has 0 spiro atoms. The van der Waals surface area contributed by atoms with Crippen molar-refractivity contribution in [1.82, 2.24) is 0 Å². The van der Waals surface area contributed by atoms with E-state index in [0.717, 1.165) is 11.1 Å². The Labute approximate surface area is 79.9 Å². The predicted octanol–water partition coefficient (Wildman–Crippen LogP) is 2.88. The zero-order chi connectivity index (χ0) is 8.97. The average Bonchev–Trinajstić information content (AvgIpc) is 2.07. The van der Waals surface area contributed by atoms with Gasteiger partial charge in [-0.25, -0.2) is 4.39 Å². The standard InChI is InChI=1S/C10H8BrF/c1-8-4-5-10(12)7-9(8)3-2-6-11/h4-5,7H,6H2,1H3. The van der Waals surface area contributed by atoms with Crippen LogP contribution in [0.15, 0.2) is 18.2 Å². The fourth-order valence-corrected chi connectivity index (χ4v) is 0.998. The fraction of sp³-hybridized carbons (Fsp3) is 0.200. The zero-order valence-corrected chi connectivity index (χ0v) is 8.28. The number of alkyl halides is 1. The molecule has 0 radical (unpaired) electrons. The van der Waals surface area contributed by atoms with Crippen molar-refractivity contribution in [3.8, 4) is 11.8 Å². The van der Waals surface area contributed by atoms with Crippen molar-refractivity contribution in [2.75, 3.05) is 5.33 Å². The predicted molar refractivity (Wildman–Crippen MR) is 51.8 cm³/mol. The Morgan fingerprint density at radius 3 is 2.92 bits per heavy atom. The van der Waals surface area contributed by atoms with Gasteiger partial charge >= 0.3 is 0 Å². The maximum absolute atomic E-state index is 12.7. The van der Waals surface area contributed by atoms with Crippen LogP contribution in [0.2, 0.25) is 0 Å². The van der Waals surface area contributed by atoms with Gasteiger partial charge in [0.25, 0.3) is 0 Å². The molecule has 0 aliphatic heterocycles. The molecule has 0 unspecified atom stereocenters. The lowest BCUT2D eigenvalue weighted by Crippen LogP contribution is -1.83. The van der Waals surface area contributed by atoms with E-state index in [9.17, 15) is 4.39 Å². The summed E-state index contributed by atoms with van der Waals surface area (Å²) in [6.07, 6.45) is 0. The van der Waals surface area contributed by atoms with E-state index in [1.807, 2.05) is 6.92 Å². The highest BCUT2D eigenvalue weighted by atomic mass is 79.9. The molecular formula is C10H8BrF. The normalized spacial score (nSPS) is 8.92. The van der Waals surface area contributed by atoms with E-state index >= 15 is 0 Å². The Hall–Kier alpha value is -0.810. The van der Waals surface area contributed by atoms with E-state index in [2.05, 4.69) is 27.8 Å². The van der Waals surface area contributed by atoms with Gasteiger partial charge < -0.3 is 0 Å². The van der Waals surface area contributed by atoms with Crippen LogP contribution in [0.4, 0.5) is 4.39 Å². The van der Waals surface area contributed by atoms with E-state index in [1.165, 1.54) is 12.1 Å². The Morgan fingerprint density at radius 1 is 1.50 bits per heavy atom. The number of hydrogen-bond donors (Lipinski definition) is 0. The van der Waals surface area contributed by atoms with E-state index in [4.69, 9.17) is 0 Å². The quantitative estimate of drug-likeness (QED) is 0.472. The second kappa shape index (κ2) is 4.27. The number of halogens is 2. The number of aryl methyl sites for hydroxylation is 1. The van der Waals surface area contributed by atoms with Crippen molar-refractivity contribution in [2.45, 2.75) is 6.92 Å². The first-order valence-corrected chi connectivity index (χ1v) is 4.67. The van der Waals surface area contributed by atoms with E-state index in [1.54, 1.807) is 6.07 Å². The van der Waals surface area contributed by atoms with Gasteiger partial charge in [0.1, 0.15) is 5.82 Å². The lowest BCUT2D eigenvalue weighted by atomic mass is 10.1. The van der Waals surface area contributed by atoms with Crippen LogP contribution in [-0.4, -0.2) is 5.33 Å². The summed E-state index contributed by atoms with van der Waals surface area (Å²) in [5.74, 6) is 5.46. The molecule has 0 N–H and O–H groups in total. The number of benzene rings is 1. The summed E-state index contributed by atoms with van der Waals surface area (Å²) >= 11 is 3.18. The van der Waals surface area contributed by atoms with Gasteiger partial charge in [-0.15, -0.1) is 0 Å². The molecule has 12 heavy (non-hydrogen) atoms. The molecule has 0 fully saturated rings. The molecule has 0 nitrogen and oxygen atoms in total. The average molecular weight is 227 g/mol. The maximum Gasteiger partial charge on any atom is 0.124 e. The van der Waals surface area contributed by atoms with Crippen molar-refractivity contribution in [3.63, 3.8) is 0 Å². The molecule has 0 heterocycles. The third-order valence-corrected chi connectivity index (χ3v) is 1.77. The topological polar surface area (TPSA) is 0 Å². The third-order valence-electron chi connectivity index (χ3n) is 1.49. The van der Waals surface area contributed by atoms with Gasteiger partial charge in [-0.05, 0) is 24.6 Å². The Balaban J connectivity index is 3.05. The van der Waals surface area contributed by atoms with Crippen LogP contribution in [-0.2, 0) is 0 Å². The largest absolute Gasteiger partial charge is 0.207 e. The number of rotatable bonds is 0. The molecule has 0 aliphatic carbocycles. The van der Waals surface area contributed by atoms with Crippen LogP contribution < -0.4 is 0 Å². The Bertz CT molecular complexity index is 333. The summed E-state index contributed by atoms with van der Waals surface area (Å²) in [6, 6.07) is 4.62. The summed E-state index contributed by atoms with van der Waals surface area (Å²) in [5, 5.41) is 0.614. The monoisotopic (exact) mass is 226 g/mol. The van der Waals surface area contributed by atoms with Gasteiger partial charge in [-0.1, -0.05) is 33.8 Å². The minimum Gasteiger partial charge on any atom is -0.207 e. The molecule has 0 saturated carbocycles. The van der Waals surface area contributed by atoms with Crippen molar-refractivity contribution in [3.05, 3.63) is 35.1 Å². The van der Waals surface area contributed by atoms with Crippen LogP contribution in [0.1, 0.15) is 11.1 Å². The Morgan fingerprint density at radius 2 is 2.25 bits per heavy atom. The molecule has 0 atom stereocenters. The molecule has 1 aromatic rings. The zero-order valence-electron chi connectivity index (χ0n) is 6.70.